The maximum absolute atomic E-state index is 3.91. The molecule has 0 aromatic heterocycles. The standard InChI is InChI=1S/C17H29N/c1-2-18-17(13-4-3-5-13)16-14-7-11-6-12(9-14)10-15(16)8-11/h11-18H,2-10H2,1H3. The summed E-state index contributed by atoms with van der Waals surface area (Å²) < 4.78 is 0. The third kappa shape index (κ3) is 1.77. The van der Waals surface area contributed by atoms with Crippen molar-refractivity contribution in [3.8, 4) is 0 Å². The van der Waals surface area contributed by atoms with E-state index in [-0.39, 0.29) is 0 Å². The molecular weight excluding hydrogens is 218 g/mol. The third-order valence-corrected chi connectivity index (χ3v) is 6.81. The molecule has 5 saturated carbocycles. The van der Waals surface area contributed by atoms with Crippen molar-refractivity contribution in [1.82, 2.24) is 5.32 Å². The molecular formula is C17H29N. The van der Waals surface area contributed by atoms with Gasteiger partial charge in [-0.15, -0.1) is 0 Å². The number of rotatable bonds is 4. The van der Waals surface area contributed by atoms with Gasteiger partial charge in [0.2, 0.25) is 0 Å². The summed E-state index contributed by atoms with van der Waals surface area (Å²) in [4.78, 5) is 0. The number of hydrogen-bond acceptors (Lipinski definition) is 1. The third-order valence-electron chi connectivity index (χ3n) is 6.81. The minimum atomic E-state index is 0.888. The van der Waals surface area contributed by atoms with Gasteiger partial charge in [-0.25, -0.2) is 0 Å². The molecule has 0 aromatic rings. The van der Waals surface area contributed by atoms with Gasteiger partial charge in [-0.2, -0.15) is 0 Å². The molecule has 1 nitrogen and oxygen atoms in total. The lowest BCUT2D eigenvalue weighted by Crippen LogP contribution is -2.56. The van der Waals surface area contributed by atoms with Crippen LogP contribution in [-0.2, 0) is 0 Å². The van der Waals surface area contributed by atoms with Crippen molar-refractivity contribution >= 4 is 0 Å². The molecule has 4 bridgehead atoms. The van der Waals surface area contributed by atoms with E-state index in [0.29, 0.717) is 0 Å². The van der Waals surface area contributed by atoms with E-state index < -0.39 is 0 Å². The van der Waals surface area contributed by atoms with Crippen molar-refractivity contribution in [2.24, 2.45) is 35.5 Å². The fourth-order valence-corrected chi connectivity index (χ4v) is 6.21. The Morgan fingerprint density at radius 1 is 0.944 bits per heavy atom. The molecule has 102 valence electrons. The summed E-state index contributed by atoms with van der Waals surface area (Å²) in [6.07, 6.45) is 12.5. The molecule has 5 aliphatic rings. The van der Waals surface area contributed by atoms with Crippen LogP contribution in [0.25, 0.3) is 0 Å². The largest absolute Gasteiger partial charge is 0.314 e. The van der Waals surface area contributed by atoms with E-state index in [9.17, 15) is 0 Å². The average Bonchev–Trinajstić information content (AvgIpc) is 2.25. The van der Waals surface area contributed by atoms with Crippen LogP contribution in [0.1, 0.15) is 58.3 Å². The predicted octanol–water partition coefficient (Wildman–Crippen LogP) is 3.84. The highest BCUT2D eigenvalue weighted by molar-refractivity contribution is 5.03. The minimum absolute atomic E-state index is 0.888. The molecule has 0 aliphatic heterocycles. The highest BCUT2D eigenvalue weighted by atomic mass is 14.9. The molecule has 5 aliphatic carbocycles. The quantitative estimate of drug-likeness (QED) is 0.796. The first-order valence-electron chi connectivity index (χ1n) is 8.58. The molecule has 0 amide bonds. The van der Waals surface area contributed by atoms with E-state index in [4.69, 9.17) is 0 Å². The van der Waals surface area contributed by atoms with Crippen LogP contribution in [0.4, 0.5) is 0 Å². The Hall–Kier alpha value is -0.0400. The summed E-state index contributed by atoms with van der Waals surface area (Å²) in [6, 6.07) is 0.888. The summed E-state index contributed by atoms with van der Waals surface area (Å²) in [7, 11) is 0. The van der Waals surface area contributed by atoms with Crippen LogP contribution in [0.5, 0.6) is 0 Å². The molecule has 5 fully saturated rings. The normalized spacial score (nSPS) is 48.2. The zero-order valence-electron chi connectivity index (χ0n) is 11.9. The van der Waals surface area contributed by atoms with Crippen LogP contribution in [0.15, 0.2) is 0 Å². The van der Waals surface area contributed by atoms with Crippen molar-refractivity contribution in [2.75, 3.05) is 6.54 Å². The monoisotopic (exact) mass is 247 g/mol. The Kier molecular flexibility index (Phi) is 2.94. The van der Waals surface area contributed by atoms with Crippen LogP contribution in [0.2, 0.25) is 0 Å². The lowest BCUT2D eigenvalue weighted by molar-refractivity contribution is -0.0663. The zero-order chi connectivity index (χ0) is 12.1. The van der Waals surface area contributed by atoms with Crippen LogP contribution in [-0.4, -0.2) is 12.6 Å². The van der Waals surface area contributed by atoms with Gasteiger partial charge in [0.25, 0.3) is 0 Å². The highest BCUT2D eigenvalue weighted by Gasteiger charge is 2.51. The van der Waals surface area contributed by atoms with E-state index in [0.717, 1.165) is 41.5 Å². The van der Waals surface area contributed by atoms with Crippen LogP contribution < -0.4 is 5.32 Å². The van der Waals surface area contributed by atoms with E-state index in [1.165, 1.54) is 25.8 Å². The molecule has 0 saturated heterocycles. The van der Waals surface area contributed by atoms with Crippen molar-refractivity contribution in [3.05, 3.63) is 0 Å². The fraction of sp³-hybridized carbons (Fsp3) is 1.00. The predicted molar refractivity (Wildman–Crippen MR) is 75.3 cm³/mol. The first-order valence-corrected chi connectivity index (χ1v) is 8.58. The lowest BCUT2D eigenvalue weighted by Gasteiger charge is -2.58. The summed E-state index contributed by atoms with van der Waals surface area (Å²) in [6.45, 7) is 3.49. The molecule has 18 heavy (non-hydrogen) atoms. The van der Waals surface area contributed by atoms with Gasteiger partial charge in [0.15, 0.2) is 0 Å². The van der Waals surface area contributed by atoms with Gasteiger partial charge in [0.1, 0.15) is 0 Å². The maximum atomic E-state index is 3.91. The second-order valence-corrected chi connectivity index (χ2v) is 7.78. The Morgan fingerprint density at radius 3 is 2.00 bits per heavy atom. The van der Waals surface area contributed by atoms with Gasteiger partial charge < -0.3 is 5.32 Å². The molecule has 5 rings (SSSR count). The van der Waals surface area contributed by atoms with Gasteiger partial charge >= 0.3 is 0 Å². The van der Waals surface area contributed by atoms with Gasteiger partial charge in [-0.1, -0.05) is 13.3 Å². The van der Waals surface area contributed by atoms with Crippen molar-refractivity contribution in [3.63, 3.8) is 0 Å². The average molecular weight is 247 g/mol. The summed E-state index contributed by atoms with van der Waals surface area (Å²) in [5, 5.41) is 3.91. The summed E-state index contributed by atoms with van der Waals surface area (Å²) >= 11 is 0. The van der Waals surface area contributed by atoms with Crippen LogP contribution in [0.3, 0.4) is 0 Å². The number of hydrogen-bond donors (Lipinski definition) is 1. The topological polar surface area (TPSA) is 12.0 Å². The van der Waals surface area contributed by atoms with E-state index in [1.54, 1.807) is 32.1 Å². The molecule has 0 radical (unpaired) electrons. The van der Waals surface area contributed by atoms with E-state index in [1.807, 2.05) is 0 Å². The summed E-state index contributed by atoms with van der Waals surface area (Å²) in [5.41, 5.74) is 0. The van der Waals surface area contributed by atoms with Crippen molar-refractivity contribution in [1.29, 1.82) is 0 Å². The Bertz CT molecular complexity index is 279. The van der Waals surface area contributed by atoms with E-state index >= 15 is 0 Å². The minimum Gasteiger partial charge on any atom is -0.314 e. The van der Waals surface area contributed by atoms with Crippen molar-refractivity contribution in [2.45, 2.75) is 64.3 Å². The van der Waals surface area contributed by atoms with Crippen molar-refractivity contribution < 1.29 is 0 Å². The first kappa shape index (κ1) is 11.8. The maximum Gasteiger partial charge on any atom is 0.0129 e. The second kappa shape index (κ2) is 4.51. The highest BCUT2D eigenvalue weighted by Crippen LogP contribution is 2.58. The molecule has 0 aromatic carbocycles. The molecule has 1 N–H and O–H groups in total. The fourth-order valence-electron chi connectivity index (χ4n) is 6.21. The SMILES string of the molecule is CCNC(C1CCC1)C1C2CC3CC(C2)CC1C3. The van der Waals surface area contributed by atoms with E-state index in [2.05, 4.69) is 12.2 Å². The van der Waals surface area contributed by atoms with Gasteiger partial charge in [0, 0.05) is 6.04 Å². The number of nitrogens with one attached hydrogen (secondary N) is 1. The van der Waals surface area contributed by atoms with Gasteiger partial charge in [-0.3, -0.25) is 0 Å². The van der Waals surface area contributed by atoms with Gasteiger partial charge in [0.05, 0.1) is 0 Å². The Balaban J connectivity index is 1.54. The first-order chi connectivity index (χ1) is 8.85. The van der Waals surface area contributed by atoms with Crippen LogP contribution >= 0.6 is 0 Å². The molecule has 0 heterocycles. The molecule has 0 spiro atoms. The van der Waals surface area contributed by atoms with Crippen LogP contribution in [0, 0.1) is 35.5 Å². The molecule has 1 atom stereocenters. The zero-order valence-corrected chi connectivity index (χ0v) is 11.9. The lowest BCUT2D eigenvalue weighted by atomic mass is 9.49. The van der Waals surface area contributed by atoms with Gasteiger partial charge in [-0.05, 0) is 87.0 Å². The Morgan fingerprint density at radius 2 is 1.56 bits per heavy atom. The molecule has 1 unspecified atom stereocenters. The summed E-state index contributed by atoms with van der Waals surface area (Å²) in [5.74, 6) is 6.56. The smallest absolute Gasteiger partial charge is 0.0129 e. The Labute approximate surface area is 112 Å². The second-order valence-electron chi connectivity index (χ2n) is 7.78. The molecule has 1 heteroatoms.